The Bertz CT molecular complexity index is 510. The normalized spacial score (nSPS) is 55.9. The molecule has 4 rings (SSSR count). The molecule has 0 saturated heterocycles. The average molecular weight is 316 g/mol. The summed E-state index contributed by atoms with van der Waals surface area (Å²) in [5.74, 6) is 3.80. The second-order valence-electron chi connectivity index (χ2n) is 10.1. The molecular formula is C22H37N. The van der Waals surface area contributed by atoms with Crippen molar-refractivity contribution in [2.45, 2.75) is 90.5 Å². The molecule has 4 aliphatic rings. The Morgan fingerprint density at radius 2 is 1.83 bits per heavy atom. The zero-order valence-corrected chi connectivity index (χ0v) is 15.7. The van der Waals surface area contributed by atoms with Gasteiger partial charge in [-0.3, -0.25) is 0 Å². The van der Waals surface area contributed by atoms with Crippen LogP contribution in [0.5, 0.6) is 0 Å². The van der Waals surface area contributed by atoms with Crippen molar-refractivity contribution >= 4 is 0 Å². The van der Waals surface area contributed by atoms with Crippen LogP contribution in [0.25, 0.3) is 0 Å². The molecule has 130 valence electrons. The second-order valence-corrected chi connectivity index (χ2v) is 10.1. The summed E-state index contributed by atoms with van der Waals surface area (Å²) in [4.78, 5) is 0. The van der Waals surface area contributed by atoms with Crippen LogP contribution in [-0.2, 0) is 0 Å². The van der Waals surface area contributed by atoms with E-state index in [1.54, 1.807) is 0 Å². The smallest absolute Gasteiger partial charge is 0.0249 e. The van der Waals surface area contributed by atoms with E-state index in [-0.39, 0.29) is 5.54 Å². The lowest BCUT2D eigenvalue weighted by Crippen LogP contribution is -2.65. The first-order valence-corrected chi connectivity index (χ1v) is 10.3. The quantitative estimate of drug-likeness (QED) is 0.618. The van der Waals surface area contributed by atoms with Crippen molar-refractivity contribution in [1.29, 1.82) is 0 Å². The molecule has 0 bridgehead atoms. The summed E-state index contributed by atoms with van der Waals surface area (Å²) in [5.41, 5.74) is 9.52. The maximum Gasteiger partial charge on any atom is 0.0249 e. The fourth-order valence-corrected chi connectivity index (χ4v) is 8.04. The Balaban J connectivity index is 1.66. The van der Waals surface area contributed by atoms with E-state index in [9.17, 15) is 0 Å². The van der Waals surface area contributed by atoms with Gasteiger partial charge in [-0.15, -0.1) is 0 Å². The number of hydrogen-bond donors (Lipinski definition) is 1. The molecule has 4 saturated carbocycles. The highest BCUT2D eigenvalue weighted by Crippen LogP contribution is 2.68. The monoisotopic (exact) mass is 315 g/mol. The minimum Gasteiger partial charge on any atom is -0.324 e. The number of nitrogens with two attached hydrogens (primary N) is 1. The van der Waals surface area contributed by atoms with Gasteiger partial charge in [-0.1, -0.05) is 39.3 Å². The van der Waals surface area contributed by atoms with E-state index in [0.29, 0.717) is 10.8 Å². The van der Waals surface area contributed by atoms with Crippen LogP contribution >= 0.6 is 0 Å². The molecule has 7 atom stereocenters. The fraction of sp³-hybridized carbons (Fsp3) is 0.909. The molecule has 0 aromatic rings. The van der Waals surface area contributed by atoms with Crippen molar-refractivity contribution in [3.63, 3.8) is 0 Å². The van der Waals surface area contributed by atoms with Gasteiger partial charge in [0.2, 0.25) is 0 Å². The van der Waals surface area contributed by atoms with Gasteiger partial charge in [0.05, 0.1) is 0 Å². The summed E-state index contributed by atoms with van der Waals surface area (Å²) in [7, 11) is 0. The summed E-state index contributed by atoms with van der Waals surface area (Å²) in [6.45, 7) is 11.9. The largest absolute Gasteiger partial charge is 0.324 e. The van der Waals surface area contributed by atoms with Crippen molar-refractivity contribution in [2.75, 3.05) is 0 Å². The molecule has 4 aliphatic carbocycles. The van der Waals surface area contributed by atoms with Crippen molar-refractivity contribution in [3.8, 4) is 0 Å². The lowest BCUT2D eigenvalue weighted by atomic mass is 9.42. The molecule has 0 aromatic carbocycles. The molecule has 0 aromatic heterocycles. The van der Waals surface area contributed by atoms with Crippen LogP contribution in [-0.4, -0.2) is 5.54 Å². The second kappa shape index (κ2) is 5.10. The van der Waals surface area contributed by atoms with Gasteiger partial charge in [-0.05, 0) is 92.3 Å². The van der Waals surface area contributed by atoms with Crippen LogP contribution in [0, 0.1) is 34.5 Å². The van der Waals surface area contributed by atoms with Gasteiger partial charge in [-0.25, -0.2) is 0 Å². The molecule has 5 unspecified atom stereocenters. The van der Waals surface area contributed by atoms with Gasteiger partial charge in [0, 0.05) is 5.54 Å². The Hall–Kier alpha value is -0.300. The van der Waals surface area contributed by atoms with Gasteiger partial charge in [0.15, 0.2) is 0 Å². The minimum atomic E-state index is 0.0417. The maximum absolute atomic E-state index is 7.06. The average Bonchev–Trinajstić information content (AvgIpc) is 2.85. The van der Waals surface area contributed by atoms with Gasteiger partial charge in [0.1, 0.15) is 0 Å². The summed E-state index contributed by atoms with van der Waals surface area (Å²) >= 11 is 0. The fourth-order valence-electron chi connectivity index (χ4n) is 8.04. The van der Waals surface area contributed by atoms with Crippen LogP contribution < -0.4 is 5.73 Å². The molecule has 2 N–H and O–H groups in total. The first-order chi connectivity index (χ1) is 10.8. The van der Waals surface area contributed by atoms with E-state index in [1.165, 1.54) is 63.4 Å². The summed E-state index contributed by atoms with van der Waals surface area (Å²) in [6, 6.07) is 0. The van der Waals surface area contributed by atoms with E-state index in [0.717, 1.165) is 30.1 Å². The molecule has 0 aliphatic heterocycles. The molecule has 0 heterocycles. The summed E-state index contributed by atoms with van der Waals surface area (Å²) in [5, 5.41) is 0. The highest BCUT2D eigenvalue weighted by atomic mass is 14.8. The van der Waals surface area contributed by atoms with E-state index in [2.05, 4.69) is 27.4 Å². The molecule has 23 heavy (non-hydrogen) atoms. The summed E-state index contributed by atoms with van der Waals surface area (Å²) in [6.07, 6.45) is 13.5. The van der Waals surface area contributed by atoms with Crippen molar-refractivity contribution < 1.29 is 0 Å². The standard InChI is InChI=1S/C22H37N/c1-5-16-6-7-18-17-9-13-22(23)14-15(2)8-12-21(22,4)19(17)10-11-20(16,18)3/h16-19H,2,5-14,23H2,1,3-4H3/t16?,17?,18-,19?,20?,21+,22?/m0/s1. The molecule has 0 amide bonds. The van der Waals surface area contributed by atoms with E-state index in [1.807, 2.05) is 0 Å². The Morgan fingerprint density at radius 3 is 2.57 bits per heavy atom. The number of hydrogen-bond acceptors (Lipinski definition) is 1. The predicted octanol–water partition coefficient (Wildman–Crippen LogP) is 5.69. The molecule has 0 spiro atoms. The highest BCUT2D eigenvalue weighted by Gasteiger charge is 2.62. The van der Waals surface area contributed by atoms with Crippen LogP contribution in [0.15, 0.2) is 12.2 Å². The zero-order chi connectivity index (χ0) is 16.5. The number of rotatable bonds is 1. The van der Waals surface area contributed by atoms with Gasteiger partial charge < -0.3 is 5.73 Å². The van der Waals surface area contributed by atoms with Crippen molar-refractivity contribution in [3.05, 3.63) is 12.2 Å². The lowest BCUT2D eigenvalue weighted by Gasteiger charge is -2.64. The Kier molecular flexibility index (Phi) is 3.59. The summed E-state index contributed by atoms with van der Waals surface area (Å²) < 4.78 is 0. The topological polar surface area (TPSA) is 26.0 Å². The van der Waals surface area contributed by atoms with Crippen LogP contribution in [0.1, 0.15) is 85.0 Å². The molecule has 1 heteroatoms. The lowest BCUT2D eigenvalue weighted by molar-refractivity contribution is -0.115. The third kappa shape index (κ3) is 2.01. The van der Waals surface area contributed by atoms with E-state index >= 15 is 0 Å². The third-order valence-electron chi connectivity index (χ3n) is 9.57. The highest BCUT2D eigenvalue weighted by molar-refractivity contribution is 5.21. The SMILES string of the molecule is C=C1CC[C@]2(C)C3CCC4(C)C(CC)CC[C@H]4C3CCC2(N)C1. The van der Waals surface area contributed by atoms with Crippen molar-refractivity contribution in [2.24, 2.45) is 40.2 Å². The Morgan fingerprint density at radius 1 is 1.04 bits per heavy atom. The number of fused-ring (bicyclic) bond motifs is 5. The first kappa shape index (κ1) is 16.2. The van der Waals surface area contributed by atoms with Gasteiger partial charge in [-0.2, -0.15) is 0 Å². The first-order valence-electron chi connectivity index (χ1n) is 10.3. The molecule has 4 fully saturated rings. The van der Waals surface area contributed by atoms with Crippen LogP contribution in [0.4, 0.5) is 0 Å². The molecule has 0 radical (unpaired) electrons. The Labute approximate surface area is 143 Å². The molecule has 1 nitrogen and oxygen atoms in total. The third-order valence-corrected chi connectivity index (χ3v) is 9.57. The predicted molar refractivity (Wildman–Crippen MR) is 98.1 cm³/mol. The van der Waals surface area contributed by atoms with Gasteiger partial charge >= 0.3 is 0 Å². The van der Waals surface area contributed by atoms with Crippen molar-refractivity contribution in [1.82, 2.24) is 0 Å². The maximum atomic E-state index is 7.06. The molecular weight excluding hydrogens is 278 g/mol. The zero-order valence-electron chi connectivity index (χ0n) is 15.7. The minimum absolute atomic E-state index is 0.0417. The van der Waals surface area contributed by atoms with Crippen LogP contribution in [0.3, 0.4) is 0 Å². The van der Waals surface area contributed by atoms with E-state index < -0.39 is 0 Å². The van der Waals surface area contributed by atoms with Crippen LogP contribution in [0.2, 0.25) is 0 Å². The van der Waals surface area contributed by atoms with E-state index in [4.69, 9.17) is 5.73 Å². The van der Waals surface area contributed by atoms with Gasteiger partial charge in [0.25, 0.3) is 0 Å².